The van der Waals surface area contributed by atoms with Gasteiger partial charge in [-0.1, -0.05) is 103 Å². The van der Waals surface area contributed by atoms with E-state index in [0.717, 1.165) is 43.8 Å². The lowest BCUT2D eigenvalue weighted by Gasteiger charge is -2.04. The van der Waals surface area contributed by atoms with E-state index >= 15 is 0 Å². The highest BCUT2D eigenvalue weighted by Gasteiger charge is 2.17. The van der Waals surface area contributed by atoms with Gasteiger partial charge in [0.05, 0.1) is 27.6 Å². The highest BCUT2D eigenvalue weighted by molar-refractivity contribution is 6.19. The number of para-hydroxylation sites is 3. The van der Waals surface area contributed by atoms with Crippen molar-refractivity contribution in [2.45, 2.75) is 0 Å². The van der Waals surface area contributed by atoms with Gasteiger partial charge >= 0.3 is 0 Å². The first-order valence-corrected chi connectivity index (χ1v) is 14.8. The van der Waals surface area contributed by atoms with Gasteiger partial charge in [0.15, 0.2) is 11.5 Å². The molecular formula is C39H23N5. The van der Waals surface area contributed by atoms with Crippen LogP contribution in [-0.4, -0.2) is 23.8 Å². The van der Waals surface area contributed by atoms with E-state index in [1.54, 1.807) is 0 Å². The molecule has 0 aliphatic heterocycles. The molecule has 0 aliphatic carbocycles. The van der Waals surface area contributed by atoms with Crippen LogP contribution in [0.15, 0.2) is 140 Å². The van der Waals surface area contributed by atoms with Crippen LogP contribution >= 0.6 is 0 Å². The summed E-state index contributed by atoms with van der Waals surface area (Å²) in [5, 5.41) is 7.98. The maximum absolute atomic E-state index is 5.18. The fourth-order valence-corrected chi connectivity index (χ4v) is 6.95. The average molecular weight is 562 g/mol. The second kappa shape index (κ2) is 8.72. The summed E-state index contributed by atoms with van der Waals surface area (Å²) in [5.74, 6) is 1.25. The number of benzene rings is 6. The van der Waals surface area contributed by atoms with Crippen LogP contribution in [0.5, 0.6) is 0 Å². The highest BCUT2D eigenvalue weighted by atomic mass is 15.1. The fraction of sp³-hybridized carbons (Fsp3) is 0. The summed E-state index contributed by atoms with van der Waals surface area (Å²) in [6.07, 6.45) is 0. The van der Waals surface area contributed by atoms with E-state index in [2.05, 4.69) is 130 Å². The molecule has 6 aromatic carbocycles. The Balaban J connectivity index is 1.59. The average Bonchev–Trinajstić information content (AvgIpc) is 3.59. The number of hydrogen-bond donors (Lipinski definition) is 0. The van der Waals surface area contributed by atoms with Crippen LogP contribution in [0.25, 0.3) is 88.1 Å². The van der Waals surface area contributed by atoms with Crippen molar-refractivity contribution in [3.63, 3.8) is 0 Å². The lowest BCUT2D eigenvalue weighted by atomic mass is 10.1. The van der Waals surface area contributed by atoms with Crippen molar-refractivity contribution in [3.8, 4) is 11.4 Å². The molecule has 0 atom stereocenters. The molecule has 44 heavy (non-hydrogen) atoms. The molecule has 10 rings (SSSR count). The van der Waals surface area contributed by atoms with E-state index in [4.69, 9.17) is 15.0 Å². The molecule has 204 valence electrons. The molecule has 0 saturated carbocycles. The van der Waals surface area contributed by atoms with Crippen molar-refractivity contribution in [2.75, 3.05) is 0 Å². The molecule has 5 heteroatoms. The van der Waals surface area contributed by atoms with Gasteiger partial charge in [-0.05, 0) is 41.8 Å². The molecule has 4 heterocycles. The molecule has 0 aliphatic rings. The molecule has 10 aromatic rings. The second-order valence-corrected chi connectivity index (χ2v) is 11.3. The topological polar surface area (TPSA) is 47.5 Å². The molecule has 0 amide bonds. The van der Waals surface area contributed by atoms with E-state index in [1.807, 2.05) is 18.2 Å². The third-order valence-corrected chi connectivity index (χ3v) is 8.90. The minimum Gasteiger partial charge on any atom is -0.309 e. The van der Waals surface area contributed by atoms with Gasteiger partial charge in [-0.3, -0.25) is 4.40 Å². The van der Waals surface area contributed by atoms with E-state index in [1.165, 1.54) is 27.1 Å². The van der Waals surface area contributed by atoms with Crippen molar-refractivity contribution in [1.82, 2.24) is 23.8 Å². The van der Waals surface area contributed by atoms with Crippen LogP contribution in [0.4, 0.5) is 0 Å². The Morgan fingerprint density at radius 2 is 0.955 bits per heavy atom. The third-order valence-electron chi connectivity index (χ3n) is 8.90. The Morgan fingerprint density at radius 3 is 1.70 bits per heavy atom. The summed E-state index contributed by atoms with van der Waals surface area (Å²) in [5.41, 5.74) is 7.16. The number of rotatable bonds is 1. The van der Waals surface area contributed by atoms with Gasteiger partial charge in [0.1, 0.15) is 0 Å². The summed E-state index contributed by atoms with van der Waals surface area (Å²) < 4.78 is 4.62. The lowest BCUT2D eigenvalue weighted by Crippen LogP contribution is -1.98. The quantitative estimate of drug-likeness (QED) is 0.201. The molecule has 4 aromatic heterocycles. The number of hydrogen-bond acceptors (Lipinski definition) is 3. The molecule has 5 nitrogen and oxygen atoms in total. The number of aromatic nitrogens is 5. The minimum absolute atomic E-state index is 0.601. The molecule has 0 unspecified atom stereocenters. The van der Waals surface area contributed by atoms with Crippen LogP contribution in [-0.2, 0) is 0 Å². The van der Waals surface area contributed by atoms with Crippen molar-refractivity contribution in [2.24, 2.45) is 0 Å². The Hall–Kier alpha value is -6.07. The summed E-state index contributed by atoms with van der Waals surface area (Å²) >= 11 is 0. The predicted octanol–water partition coefficient (Wildman–Crippen LogP) is 9.53. The van der Waals surface area contributed by atoms with E-state index < -0.39 is 0 Å². The SMILES string of the molecule is c1ccc(-c2nc3nc(n2)n2c4ccccc4c4cc5c6ccccc6n(c6ccccc6c6cccc3c6)c5cc42)cc1. The molecule has 0 radical (unpaired) electrons. The molecule has 0 N–H and O–H groups in total. The first kappa shape index (κ1) is 23.5. The summed E-state index contributed by atoms with van der Waals surface area (Å²) in [4.78, 5) is 15.3. The molecular weight excluding hydrogens is 538 g/mol. The lowest BCUT2D eigenvalue weighted by molar-refractivity contribution is 1.10. The Labute approximate surface area is 250 Å². The van der Waals surface area contributed by atoms with Gasteiger partial charge in [0, 0.05) is 37.9 Å². The summed E-state index contributed by atoms with van der Waals surface area (Å²) in [6.45, 7) is 0. The second-order valence-electron chi connectivity index (χ2n) is 11.3. The van der Waals surface area contributed by atoms with Crippen molar-refractivity contribution in [1.29, 1.82) is 0 Å². The number of nitrogens with zero attached hydrogens (tertiary/aromatic N) is 5. The van der Waals surface area contributed by atoms with Crippen molar-refractivity contribution >= 4 is 76.7 Å². The highest BCUT2D eigenvalue weighted by Crippen LogP contribution is 2.38. The van der Waals surface area contributed by atoms with E-state index in [0.29, 0.717) is 17.2 Å². The Bertz CT molecular complexity index is 2830. The minimum atomic E-state index is 0.601. The standard InChI is InChI=1S/C39H23N5/c1-2-11-24(12-3-1)37-40-38-26-14-10-13-25(21-26)27-15-4-7-18-32(27)43-33-19-8-5-16-28(33)30-22-31-29-17-6-9-20-34(29)44(39(41-37)42-38)36(31)23-35(30)43/h1-23H. The molecule has 0 fully saturated rings. The normalized spacial score (nSPS) is 12.1. The first-order chi connectivity index (χ1) is 21.8. The van der Waals surface area contributed by atoms with Crippen molar-refractivity contribution in [3.05, 3.63) is 140 Å². The predicted molar refractivity (Wildman–Crippen MR) is 181 cm³/mol. The molecule has 0 saturated heterocycles. The smallest absolute Gasteiger partial charge is 0.238 e. The zero-order valence-electron chi connectivity index (χ0n) is 23.5. The van der Waals surface area contributed by atoms with Crippen LogP contribution in [0, 0.1) is 0 Å². The Morgan fingerprint density at radius 1 is 0.364 bits per heavy atom. The van der Waals surface area contributed by atoms with E-state index in [-0.39, 0.29) is 0 Å². The maximum atomic E-state index is 5.18. The fourth-order valence-electron chi connectivity index (χ4n) is 6.95. The van der Waals surface area contributed by atoms with Crippen LogP contribution in [0.1, 0.15) is 0 Å². The third kappa shape index (κ3) is 3.21. The van der Waals surface area contributed by atoms with Gasteiger partial charge in [-0.25, -0.2) is 4.98 Å². The van der Waals surface area contributed by atoms with E-state index in [9.17, 15) is 0 Å². The van der Waals surface area contributed by atoms with Gasteiger partial charge < -0.3 is 4.40 Å². The van der Waals surface area contributed by atoms with Crippen LogP contribution in [0.3, 0.4) is 0 Å². The summed E-state index contributed by atoms with van der Waals surface area (Å²) in [7, 11) is 0. The first-order valence-electron chi connectivity index (χ1n) is 14.8. The van der Waals surface area contributed by atoms with Gasteiger partial charge in [0.2, 0.25) is 5.78 Å². The maximum Gasteiger partial charge on any atom is 0.238 e. The zero-order chi connectivity index (χ0) is 28.8. The van der Waals surface area contributed by atoms with Gasteiger partial charge in [-0.2, -0.15) is 9.97 Å². The molecule has 6 bridgehead atoms. The van der Waals surface area contributed by atoms with Crippen LogP contribution < -0.4 is 0 Å². The summed E-state index contributed by atoms with van der Waals surface area (Å²) in [6, 6.07) is 49.3. The number of fused-ring (bicyclic) bond motifs is 15. The zero-order valence-corrected chi connectivity index (χ0v) is 23.5. The monoisotopic (exact) mass is 561 g/mol. The molecule has 0 spiro atoms. The van der Waals surface area contributed by atoms with Crippen molar-refractivity contribution < 1.29 is 0 Å². The van der Waals surface area contributed by atoms with Gasteiger partial charge in [-0.15, -0.1) is 0 Å². The van der Waals surface area contributed by atoms with Crippen LogP contribution in [0.2, 0.25) is 0 Å². The Kier molecular flexibility index (Phi) is 4.66. The van der Waals surface area contributed by atoms with Gasteiger partial charge in [0.25, 0.3) is 0 Å². The largest absolute Gasteiger partial charge is 0.309 e.